The van der Waals surface area contributed by atoms with Crippen molar-refractivity contribution in [3.05, 3.63) is 69.3 Å². The van der Waals surface area contributed by atoms with Gasteiger partial charge in [0.1, 0.15) is 5.69 Å². The van der Waals surface area contributed by atoms with Crippen molar-refractivity contribution in [3.63, 3.8) is 0 Å². The lowest BCUT2D eigenvalue weighted by Crippen LogP contribution is -2.41. The Morgan fingerprint density at radius 2 is 1.81 bits per heavy atom. The van der Waals surface area contributed by atoms with Gasteiger partial charge in [-0.3, -0.25) is 14.9 Å². The molecule has 2 aliphatic rings. The number of anilines is 1. The van der Waals surface area contributed by atoms with Crippen molar-refractivity contribution in [1.82, 2.24) is 5.32 Å². The van der Waals surface area contributed by atoms with Crippen LogP contribution in [-0.4, -0.2) is 23.9 Å². The van der Waals surface area contributed by atoms with Crippen LogP contribution in [0.1, 0.15) is 42.0 Å². The van der Waals surface area contributed by atoms with Crippen molar-refractivity contribution >= 4 is 17.3 Å². The number of carbonyl (C=O) groups is 1. The van der Waals surface area contributed by atoms with E-state index in [4.69, 9.17) is 0 Å². The molecular formula is C22H22F3N3O3. The van der Waals surface area contributed by atoms with Crippen molar-refractivity contribution in [2.45, 2.75) is 37.9 Å². The van der Waals surface area contributed by atoms with Gasteiger partial charge in [-0.1, -0.05) is 24.3 Å². The summed E-state index contributed by atoms with van der Waals surface area (Å²) in [6.45, 7) is 0.733. The average Bonchev–Trinajstić information content (AvgIpc) is 3.15. The van der Waals surface area contributed by atoms with Crippen LogP contribution in [-0.2, 0) is 17.4 Å². The highest BCUT2D eigenvalue weighted by molar-refractivity contribution is 5.80. The van der Waals surface area contributed by atoms with Crippen LogP contribution in [0.25, 0.3) is 0 Å². The van der Waals surface area contributed by atoms with Crippen LogP contribution >= 0.6 is 0 Å². The number of amides is 1. The van der Waals surface area contributed by atoms with Crippen LogP contribution in [0.15, 0.2) is 42.5 Å². The van der Waals surface area contributed by atoms with E-state index in [0.717, 1.165) is 30.5 Å². The van der Waals surface area contributed by atoms with Crippen molar-refractivity contribution in [2.24, 2.45) is 5.92 Å². The van der Waals surface area contributed by atoms with Gasteiger partial charge in [0.2, 0.25) is 5.91 Å². The first kappa shape index (κ1) is 21.1. The quantitative estimate of drug-likeness (QED) is 0.563. The molecule has 0 aromatic heterocycles. The number of hydrogen-bond acceptors (Lipinski definition) is 4. The van der Waals surface area contributed by atoms with Crippen LogP contribution < -0.4 is 10.2 Å². The Kier molecular flexibility index (Phi) is 5.60. The lowest BCUT2D eigenvalue weighted by molar-refractivity contribution is -0.384. The fourth-order valence-corrected chi connectivity index (χ4v) is 4.49. The molecule has 1 aliphatic heterocycles. The molecule has 1 heterocycles. The van der Waals surface area contributed by atoms with Gasteiger partial charge in [0.05, 0.1) is 16.5 Å². The highest BCUT2D eigenvalue weighted by atomic mass is 19.4. The maximum Gasteiger partial charge on any atom is 0.416 e. The largest absolute Gasteiger partial charge is 0.416 e. The number of rotatable bonds is 4. The molecule has 2 aromatic rings. The molecule has 0 radical (unpaired) electrons. The number of aryl methyl sites for hydroxylation is 1. The molecule has 31 heavy (non-hydrogen) atoms. The third-order valence-corrected chi connectivity index (χ3v) is 6.16. The smallest absolute Gasteiger partial charge is 0.366 e. The van der Waals surface area contributed by atoms with E-state index in [1.807, 2.05) is 18.2 Å². The monoisotopic (exact) mass is 433 g/mol. The SMILES string of the molecule is O=C(NC1CCc2ccccc21)C1CCN(c2ccc(C(F)(F)F)cc2[N+](=O)[O-])CC1. The molecule has 1 aliphatic carbocycles. The first-order valence-corrected chi connectivity index (χ1v) is 10.2. The van der Waals surface area contributed by atoms with Gasteiger partial charge < -0.3 is 10.2 Å². The highest BCUT2D eigenvalue weighted by Gasteiger charge is 2.35. The molecule has 164 valence electrons. The Hall–Kier alpha value is -3.10. The van der Waals surface area contributed by atoms with E-state index in [1.54, 1.807) is 4.90 Å². The first-order chi connectivity index (χ1) is 14.7. The van der Waals surface area contributed by atoms with E-state index < -0.39 is 22.4 Å². The Bertz CT molecular complexity index is 1000. The molecule has 1 N–H and O–H groups in total. The minimum absolute atomic E-state index is 0.00210. The second-order valence-electron chi connectivity index (χ2n) is 8.02. The Morgan fingerprint density at radius 1 is 1.10 bits per heavy atom. The van der Waals surface area contributed by atoms with Crippen molar-refractivity contribution in [2.75, 3.05) is 18.0 Å². The van der Waals surface area contributed by atoms with Crippen LogP contribution in [0, 0.1) is 16.0 Å². The lowest BCUT2D eigenvalue weighted by atomic mass is 9.94. The second-order valence-corrected chi connectivity index (χ2v) is 8.02. The van der Waals surface area contributed by atoms with Gasteiger partial charge in [-0.25, -0.2) is 0 Å². The minimum Gasteiger partial charge on any atom is -0.366 e. The van der Waals surface area contributed by atoms with E-state index in [0.29, 0.717) is 32.0 Å². The van der Waals surface area contributed by atoms with E-state index in [1.165, 1.54) is 5.56 Å². The van der Waals surface area contributed by atoms with Gasteiger partial charge in [0, 0.05) is 25.1 Å². The number of nitro benzene ring substituents is 1. The zero-order valence-electron chi connectivity index (χ0n) is 16.7. The summed E-state index contributed by atoms with van der Waals surface area (Å²) in [5, 5.41) is 14.5. The Morgan fingerprint density at radius 3 is 2.48 bits per heavy atom. The van der Waals surface area contributed by atoms with Gasteiger partial charge >= 0.3 is 6.18 Å². The lowest BCUT2D eigenvalue weighted by Gasteiger charge is -2.33. The van der Waals surface area contributed by atoms with Crippen molar-refractivity contribution in [3.8, 4) is 0 Å². The summed E-state index contributed by atoms with van der Waals surface area (Å²) in [6.07, 6.45) is -1.89. The molecule has 1 saturated heterocycles. The van der Waals surface area contributed by atoms with Crippen LogP contribution in [0.3, 0.4) is 0 Å². The number of piperidine rings is 1. The maximum atomic E-state index is 12.9. The van der Waals surface area contributed by atoms with E-state index in [2.05, 4.69) is 11.4 Å². The summed E-state index contributed by atoms with van der Waals surface area (Å²) < 4.78 is 38.8. The third-order valence-electron chi connectivity index (χ3n) is 6.16. The zero-order chi connectivity index (χ0) is 22.2. The summed E-state index contributed by atoms with van der Waals surface area (Å²) in [5.74, 6) is -0.263. The molecule has 9 heteroatoms. The van der Waals surface area contributed by atoms with E-state index in [-0.39, 0.29) is 23.6 Å². The average molecular weight is 433 g/mol. The van der Waals surface area contributed by atoms with Crippen molar-refractivity contribution in [1.29, 1.82) is 0 Å². The molecule has 1 atom stereocenters. The number of benzene rings is 2. The summed E-state index contributed by atoms with van der Waals surface area (Å²) in [5.41, 5.74) is 0.932. The molecule has 1 amide bonds. The zero-order valence-corrected chi connectivity index (χ0v) is 16.7. The Balaban J connectivity index is 1.41. The summed E-state index contributed by atoms with van der Waals surface area (Å²) in [7, 11) is 0. The minimum atomic E-state index is -4.65. The van der Waals surface area contributed by atoms with Gasteiger partial charge in [0.15, 0.2) is 0 Å². The summed E-state index contributed by atoms with van der Waals surface area (Å²) in [6, 6.07) is 10.6. The van der Waals surface area contributed by atoms with Crippen LogP contribution in [0.2, 0.25) is 0 Å². The van der Waals surface area contributed by atoms with Gasteiger partial charge in [-0.05, 0) is 48.9 Å². The maximum absolute atomic E-state index is 12.9. The van der Waals surface area contributed by atoms with E-state index in [9.17, 15) is 28.1 Å². The molecule has 0 saturated carbocycles. The summed E-state index contributed by atoms with van der Waals surface area (Å²) >= 11 is 0. The van der Waals surface area contributed by atoms with Crippen LogP contribution in [0.4, 0.5) is 24.5 Å². The molecule has 6 nitrogen and oxygen atoms in total. The van der Waals surface area contributed by atoms with E-state index >= 15 is 0 Å². The number of nitrogens with one attached hydrogen (secondary N) is 1. The molecule has 1 fully saturated rings. The summed E-state index contributed by atoms with van der Waals surface area (Å²) in [4.78, 5) is 25.0. The molecule has 0 bridgehead atoms. The van der Waals surface area contributed by atoms with Gasteiger partial charge in [-0.2, -0.15) is 13.2 Å². The predicted octanol–water partition coefficient (Wildman–Crippen LogP) is 4.63. The highest BCUT2D eigenvalue weighted by Crippen LogP contribution is 2.38. The number of nitrogens with zero attached hydrogens (tertiary/aromatic N) is 2. The number of alkyl halides is 3. The number of halogens is 3. The normalized spacial score (nSPS) is 19.2. The molecule has 0 spiro atoms. The number of carbonyl (C=O) groups excluding carboxylic acids is 1. The number of fused-ring (bicyclic) bond motifs is 1. The van der Waals surface area contributed by atoms with Gasteiger partial charge in [0.25, 0.3) is 5.69 Å². The van der Waals surface area contributed by atoms with Crippen LogP contribution in [0.5, 0.6) is 0 Å². The fourth-order valence-electron chi connectivity index (χ4n) is 4.49. The molecule has 1 unspecified atom stereocenters. The first-order valence-electron chi connectivity index (χ1n) is 10.2. The number of nitro groups is 1. The standard InChI is InChI=1S/C22H22F3N3O3/c23-22(24,25)16-6-8-19(20(13-16)28(30)31)27-11-9-15(10-12-27)21(29)26-18-7-5-14-3-1-2-4-17(14)18/h1-4,6,8,13,15,18H,5,7,9-12H2,(H,26,29). The Labute approximate surface area is 177 Å². The molecule has 2 aromatic carbocycles. The second kappa shape index (κ2) is 8.20. The van der Waals surface area contributed by atoms with Crippen molar-refractivity contribution < 1.29 is 22.9 Å². The van der Waals surface area contributed by atoms with Gasteiger partial charge in [-0.15, -0.1) is 0 Å². The predicted molar refractivity (Wildman–Crippen MR) is 109 cm³/mol. The topological polar surface area (TPSA) is 75.5 Å². The molecule has 4 rings (SSSR count). The fraction of sp³-hybridized carbons (Fsp3) is 0.409. The molecular weight excluding hydrogens is 411 g/mol. The third kappa shape index (κ3) is 4.35. The number of hydrogen-bond donors (Lipinski definition) is 1.